The predicted octanol–water partition coefficient (Wildman–Crippen LogP) is 6.99. The van der Waals surface area contributed by atoms with Gasteiger partial charge in [-0.2, -0.15) is 0 Å². The highest BCUT2D eigenvalue weighted by molar-refractivity contribution is 6.06. The van der Waals surface area contributed by atoms with Crippen molar-refractivity contribution in [3.63, 3.8) is 0 Å². The van der Waals surface area contributed by atoms with Crippen LogP contribution in [0.4, 0.5) is 4.39 Å². The van der Waals surface area contributed by atoms with Gasteiger partial charge in [-0.15, -0.1) is 0 Å². The molecule has 0 aliphatic rings. The molecule has 0 heterocycles. The molecule has 0 saturated carbocycles. The third kappa shape index (κ3) is 7.14. The Morgan fingerprint density at radius 3 is 1.81 bits per heavy atom. The van der Waals surface area contributed by atoms with Crippen LogP contribution in [0.5, 0.6) is 11.5 Å². The van der Waals surface area contributed by atoms with E-state index in [1.165, 1.54) is 30.3 Å². The Hall–Kier alpha value is -4.22. The SMILES string of the molecule is COCc1ccc(-c2ccc(OCCOc3ccc(/C=C/C(=O)c4ccc(F)cc4)cc3)cc2)cc1. The average molecular weight is 483 g/mol. The first-order valence-electron chi connectivity index (χ1n) is 11.6. The Labute approximate surface area is 210 Å². The molecule has 0 bridgehead atoms. The summed E-state index contributed by atoms with van der Waals surface area (Å²) in [6.45, 7) is 1.43. The Morgan fingerprint density at radius 1 is 0.722 bits per heavy atom. The van der Waals surface area contributed by atoms with Gasteiger partial charge in [-0.05, 0) is 76.9 Å². The number of halogens is 1. The van der Waals surface area contributed by atoms with Crippen molar-refractivity contribution in [3.8, 4) is 22.6 Å². The highest BCUT2D eigenvalue weighted by Gasteiger charge is 2.03. The van der Waals surface area contributed by atoms with E-state index in [1.807, 2.05) is 48.5 Å². The van der Waals surface area contributed by atoms with Crippen molar-refractivity contribution >= 4 is 11.9 Å². The summed E-state index contributed by atoms with van der Waals surface area (Å²) in [5, 5.41) is 0. The third-order valence-corrected chi connectivity index (χ3v) is 5.51. The maximum Gasteiger partial charge on any atom is 0.185 e. The Balaban J connectivity index is 1.21. The second kappa shape index (κ2) is 12.5. The van der Waals surface area contributed by atoms with Crippen LogP contribution in [-0.2, 0) is 11.3 Å². The van der Waals surface area contributed by atoms with Crippen LogP contribution in [0.1, 0.15) is 21.5 Å². The lowest BCUT2D eigenvalue weighted by Crippen LogP contribution is -2.08. The molecule has 0 aliphatic carbocycles. The van der Waals surface area contributed by atoms with Crippen molar-refractivity contribution in [2.24, 2.45) is 0 Å². The summed E-state index contributed by atoms with van der Waals surface area (Å²) in [6, 6.07) is 29.2. The quantitative estimate of drug-likeness (QED) is 0.131. The lowest BCUT2D eigenvalue weighted by atomic mass is 10.0. The van der Waals surface area contributed by atoms with E-state index in [9.17, 15) is 9.18 Å². The van der Waals surface area contributed by atoms with Gasteiger partial charge in [-0.1, -0.05) is 54.6 Å². The molecule has 0 aromatic heterocycles. The lowest BCUT2D eigenvalue weighted by Gasteiger charge is -2.10. The maximum atomic E-state index is 13.0. The van der Waals surface area contributed by atoms with Crippen molar-refractivity contribution in [2.45, 2.75) is 6.61 Å². The largest absolute Gasteiger partial charge is 0.490 e. The van der Waals surface area contributed by atoms with E-state index in [0.717, 1.165) is 28.0 Å². The molecule has 5 heteroatoms. The molecule has 0 N–H and O–H groups in total. The van der Waals surface area contributed by atoms with E-state index >= 15 is 0 Å². The summed E-state index contributed by atoms with van der Waals surface area (Å²) in [4.78, 5) is 12.2. The lowest BCUT2D eigenvalue weighted by molar-refractivity contribution is 0.104. The van der Waals surface area contributed by atoms with Crippen molar-refractivity contribution in [1.82, 2.24) is 0 Å². The van der Waals surface area contributed by atoms with E-state index < -0.39 is 0 Å². The molecular weight excluding hydrogens is 455 g/mol. The number of allylic oxidation sites excluding steroid dienone is 1. The van der Waals surface area contributed by atoms with Gasteiger partial charge in [0.15, 0.2) is 5.78 Å². The van der Waals surface area contributed by atoms with Crippen molar-refractivity contribution in [3.05, 3.63) is 126 Å². The van der Waals surface area contributed by atoms with E-state index in [2.05, 4.69) is 24.3 Å². The van der Waals surface area contributed by atoms with Gasteiger partial charge in [0.1, 0.15) is 30.5 Å². The highest BCUT2D eigenvalue weighted by atomic mass is 19.1. The van der Waals surface area contributed by atoms with Gasteiger partial charge in [-0.3, -0.25) is 4.79 Å². The van der Waals surface area contributed by atoms with Crippen LogP contribution in [-0.4, -0.2) is 26.1 Å². The number of rotatable bonds is 11. The van der Waals surface area contributed by atoms with Crippen molar-refractivity contribution < 1.29 is 23.4 Å². The van der Waals surface area contributed by atoms with E-state index in [0.29, 0.717) is 31.1 Å². The number of ether oxygens (including phenoxy) is 3. The minimum Gasteiger partial charge on any atom is -0.490 e. The maximum absolute atomic E-state index is 13.0. The van der Waals surface area contributed by atoms with Crippen LogP contribution >= 0.6 is 0 Å². The fourth-order valence-electron chi connectivity index (χ4n) is 3.58. The monoisotopic (exact) mass is 482 g/mol. The third-order valence-electron chi connectivity index (χ3n) is 5.51. The van der Waals surface area contributed by atoms with E-state index in [4.69, 9.17) is 14.2 Å². The van der Waals surface area contributed by atoms with Gasteiger partial charge in [-0.25, -0.2) is 4.39 Å². The summed E-state index contributed by atoms with van der Waals surface area (Å²) in [5.74, 6) is 0.952. The highest BCUT2D eigenvalue weighted by Crippen LogP contribution is 2.23. The number of methoxy groups -OCH3 is 1. The standard InChI is InChI=1S/C31H27FO4/c1-34-22-24-2-7-25(8-3-24)26-11-17-30(18-12-26)36-21-20-35-29-15-4-23(5-16-29)6-19-31(33)27-9-13-28(32)14-10-27/h2-19H,20-22H2,1H3/b19-6+. The molecule has 182 valence electrons. The second-order valence-electron chi connectivity index (χ2n) is 8.12. The fraction of sp³-hybridized carbons (Fsp3) is 0.129. The first-order chi connectivity index (χ1) is 17.6. The summed E-state index contributed by atoms with van der Waals surface area (Å²) in [7, 11) is 1.69. The molecule has 0 aliphatic heterocycles. The molecule has 4 aromatic carbocycles. The van der Waals surface area contributed by atoms with Crippen LogP contribution in [0.15, 0.2) is 103 Å². The number of carbonyl (C=O) groups is 1. The predicted molar refractivity (Wildman–Crippen MR) is 140 cm³/mol. The number of benzene rings is 4. The summed E-state index contributed by atoms with van der Waals surface area (Å²) in [6.07, 6.45) is 3.19. The first kappa shape index (κ1) is 24.9. The zero-order valence-electron chi connectivity index (χ0n) is 20.0. The molecule has 0 unspecified atom stereocenters. The molecule has 0 amide bonds. The van der Waals surface area contributed by atoms with Gasteiger partial charge in [0, 0.05) is 12.7 Å². The van der Waals surface area contributed by atoms with Gasteiger partial charge >= 0.3 is 0 Å². The van der Waals surface area contributed by atoms with Crippen LogP contribution in [0.2, 0.25) is 0 Å². The molecule has 0 fully saturated rings. The van der Waals surface area contributed by atoms with Gasteiger partial charge in [0.2, 0.25) is 0 Å². The summed E-state index contributed by atoms with van der Waals surface area (Å²) < 4.78 is 29.7. The smallest absolute Gasteiger partial charge is 0.185 e. The fourth-order valence-corrected chi connectivity index (χ4v) is 3.58. The van der Waals surface area contributed by atoms with Crippen LogP contribution in [0.3, 0.4) is 0 Å². The minimum atomic E-state index is -0.366. The molecule has 0 spiro atoms. The molecule has 4 aromatic rings. The van der Waals surface area contributed by atoms with Crippen LogP contribution in [0.25, 0.3) is 17.2 Å². The van der Waals surface area contributed by atoms with Crippen molar-refractivity contribution in [1.29, 1.82) is 0 Å². The Bertz CT molecular complexity index is 1280. The number of carbonyl (C=O) groups excluding carboxylic acids is 1. The van der Waals surface area contributed by atoms with Crippen LogP contribution in [0, 0.1) is 5.82 Å². The number of ketones is 1. The minimum absolute atomic E-state index is 0.180. The van der Waals surface area contributed by atoms with Gasteiger partial charge in [0.25, 0.3) is 0 Å². The van der Waals surface area contributed by atoms with Crippen molar-refractivity contribution in [2.75, 3.05) is 20.3 Å². The van der Waals surface area contributed by atoms with E-state index in [-0.39, 0.29) is 11.6 Å². The normalized spacial score (nSPS) is 10.9. The number of hydrogen-bond donors (Lipinski definition) is 0. The molecule has 0 atom stereocenters. The molecule has 4 rings (SSSR count). The molecule has 0 saturated heterocycles. The average Bonchev–Trinajstić information content (AvgIpc) is 2.92. The van der Waals surface area contributed by atoms with E-state index in [1.54, 1.807) is 13.2 Å². The zero-order valence-corrected chi connectivity index (χ0v) is 20.0. The molecule has 4 nitrogen and oxygen atoms in total. The molecule has 0 radical (unpaired) electrons. The second-order valence-corrected chi connectivity index (χ2v) is 8.12. The van der Waals surface area contributed by atoms with Gasteiger partial charge in [0.05, 0.1) is 6.61 Å². The number of hydrogen-bond acceptors (Lipinski definition) is 4. The zero-order chi connectivity index (χ0) is 25.2. The van der Waals surface area contributed by atoms with Gasteiger partial charge < -0.3 is 14.2 Å². The first-order valence-corrected chi connectivity index (χ1v) is 11.6. The Kier molecular flexibility index (Phi) is 8.62. The summed E-state index contributed by atoms with van der Waals surface area (Å²) >= 11 is 0. The topological polar surface area (TPSA) is 44.8 Å². The Morgan fingerprint density at radius 2 is 1.25 bits per heavy atom. The molecule has 36 heavy (non-hydrogen) atoms. The molecular formula is C31H27FO4. The summed E-state index contributed by atoms with van der Waals surface area (Å²) in [5.41, 5.74) is 4.71. The van der Waals surface area contributed by atoms with Crippen LogP contribution < -0.4 is 9.47 Å².